The molecule has 1 unspecified atom stereocenters. The highest BCUT2D eigenvalue weighted by atomic mass is 32.2. The van der Waals surface area contributed by atoms with Crippen LogP contribution in [0.2, 0.25) is 0 Å². The van der Waals surface area contributed by atoms with E-state index in [-0.39, 0.29) is 6.04 Å². The van der Waals surface area contributed by atoms with Crippen molar-refractivity contribution < 1.29 is 8.42 Å². The van der Waals surface area contributed by atoms with Crippen molar-refractivity contribution >= 4 is 10.0 Å². The fraction of sp³-hybridized carbons (Fsp3) is 0.625. The third-order valence-electron chi connectivity index (χ3n) is 4.21. The molecule has 118 valence electrons. The molecule has 5 heteroatoms. The Labute approximate surface area is 128 Å². The van der Waals surface area contributed by atoms with E-state index in [1.54, 1.807) is 4.31 Å². The third kappa shape index (κ3) is 3.65. The summed E-state index contributed by atoms with van der Waals surface area (Å²) in [6.45, 7) is 5.21. The summed E-state index contributed by atoms with van der Waals surface area (Å²) < 4.78 is 27.8. The summed E-state index contributed by atoms with van der Waals surface area (Å²) in [4.78, 5) is 0.462. The molecule has 0 radical (unpaired) electrons. The van der Waals surface area contributed by atoms with Gasteiger partial charge >= 0.3 is 0 Å². The van der Waals surface area contributed by atoms with E-state index in [1.807, 2.05) is 39.1 Å². The summed E-state index contributed by atoms with van der Waals surface area (Å²) in [5, 5.41) is 3.07. The number of benzene rings is 1. The normalized spacial score (nSPS) is 21.2. The number of aryl methyl sites for hydroxylation is 1. The summed E-state index contributed by atoms with van der Waals surface area (Å²) in [7, 11) is -1.53. The Hall–Kier alpha value is -0.910. The van der Waals surface area contributed by atoms with Crippen LogP contribution in [0.3, 0.4) is 0 Å². The van der Waals surface area contributed by atoms with Crippen LogP contribution < -0.4 is 5.32 Å². The topological polar surface area (TPSA) is 49.4 Å². The summed E-state index contributed by atoms with van der Waals surface area (Å²) in [6, 6.07) is 5.79. The smallest absolute Gasteiger partial charge is 0.243 e. The maximum Gasteiger partial charge on any atom is 0.243 e. The molecular formula is C16H26N2O2S. The highest BCUT2D eigenvalue weighted by molar-refractivity contribution is 7.89. The molecule has 0 aliphatic carbocycles. The van der Waals surface area contributed by atoms with Crippen molar-refractivity contribution in [1.29, 1.82) is 0 Å². The predicted molar refractivity (Wildman–Crippen MR) is 85.8 cm³/mol. The quantitative estimate of drug-likeness (QED) is 0.930. The van der Waals surface area contributed by atoms with E-state index in [0.29, 0.717) is 18.0 Å². The van der Waals surface area contributed by atoms with Crippen molar-refractivity contribution in [1.82, 2.24) is 9.62 Å². The number of nitrogens with zero attached hydrogens (tertiary/aromatic N) is 1. The number of hydrogen-bond acceptors (Lipinski definition) is 3. The number of sulfonamides is 1. The molecule has 1 aliphatic heterocycles. The van der Waals surface area contributed by atoms with Gasteiger partial charge in [-0.25, -0.2) is 8.42 Å². The lowest BCUT2D eigenvalue weighted by molar-refractivity contribution is 0.342. The Morgan fingerprint density at radius 3 is 2.76 bits per heavy atom. The molecule has 1 N–H and O–H groups in total. The van der Waals surface area contributed by atoms with Gasteiger partial charge in [-0.2, -0.15) is 4.31 Å². The van der Waals surface area contributed by atoms with Gasteiger partial charge in [-0.3, -0.25) is 0 Å². The van der Waals surface area contributed by atoms with Crippen molar-refractivity contribution in [3.8, 4) is 0 Å². The second-order valence-corrected chi connectivity index (χ2v) is 7.80. The zero-order chi connectivity index (χ0) is 15.5. The van der Waals surface area contributed by atoms with Crippen LogP contribution >= 0.6 is 0 Å². The van der Waals surface area contributed by atoms with Crippen LogP contribution in [0.25, 0.3) is 0 Å². The molecule has 1 heterocycles. The first-order valence-corrected chi connectivity index (χ1v) is 9.17. The van der Waals surface area contributed by atoms with Crippen molar-refractivity contribution in [3.63, 3.8) is 0 Å². The first-order valence-electron chi connectivity index (χ1n) is 7.73. The Morgan fingerprint density at radius 2 is 2.05 bits per heavy atom. The van der Waals surface area contributed by atoms with Gasteiger partial charge in [0.2, 0.25) is 10.0 Å². The molecule has 0 bridgehead atoms. The maximum absolute atomic E-state index is 13.0. The van der Waals surface area contributed by atoms with Gasteiger partial charge in [-0.1, -0.05) is 25.0 Å². The van der Waals surface area contributed by atoms with Crippen LogP contribution in [0.15, 0.2) is 23.1 Å². The van der Waals surface area contributed by atoms with Crippen molar-refractivity contribution in [2.24, 2.45) is 0 Å². The van der Waals surface area contributed by atoms with Crippen molar-refractivity contribution in [2.45, 2.75) is 57.0 Å². The predicted octanol–water partition coefficient (Wildman–Crippen LogP) is 2.67. The fourth-order valence-electron chi connectivity index (χ4n) is 2.97. The number of nitrogens with one attached hydrogen (secondary N) is 1. The summed E-state index contributed by atoms with van der Waals surface area (Å²) in [5.74, 6) is 0. The first-order chi connectivity index (χ1) is 9.96. The van der Waals surface area contributed by atoms with E-state index in [2.05, 4.69) is 5.32 Å². The highest BCUT2D eigenvalue weighted by Crippen LogP contribution is 2.27. The minimum Gasteiger partial charge on any atom is -0.316 e. The van der Waals surface area contributed by atoms with E-state index in [1.165, 1.54) is 0 Å². The SMILES string of the molecule is CNCc1ccc(C)c(S(=O)(=O)N2CCCCCC2C)c1. The van der Waals surface area contributed by atoms with Gasteiger partial charge in [0.1, 0.15) is 0 Å². The van der Waals surface area contributed by atoms with Crippen LogP contribution in [0.4, 0.5) is 0 Å². The molecule has 1 saturated heterocycles. The van der Waals surface area contributed by atoms with Crippen LogP contribution in [0, 0.1) is 6.92 Å². The van der Waals surface area contributed by atoms with Crippen LogP contribution in [0.5, 0.6) is 0 Å². The van der Waals surface area contributed by atoms with Crippen LogP contribution in [0.1, 0.15) is 43.7 Å². The third-order valence-corrected chi connectivity index (χ3v) is 6.37. The van der Waals surface area contributed by atoms with Gasteiger partial charge in [0.25, 0.3) is 0 Å². The average molecular weight is 310 g/mol. The van der Waals surface area contributed by atoms with E-state index >= 15 is 0 Å². The van der Waals surface area contributed by atoms with Crippen molar-refractivity contribution in [2.75, 3.05) is 13.6 Å². The summed E-state index contributed by atoms with van der Waals surface area (Å²) >= 11 is 0. The Kier molecular flexibility index (Phi) is 5.41. The van der Waals surface area contributed by atoms with Gasteiger partial charge in [0, 0.05) is 19.1 Å². The van der Waals surface area contributed by atoms with Gasteiger partial charge in [-0.15, -0.1) is 0 Å². The summed E-state index contributed by atoms with van der Waals surface area (Å²) in [5.41, 5.74) is 1.83. The minimum absolute atomic E-state index is 0.0878. The summed E-state index contributed by atoms with van der Waals surface area (Å²) in [6.07, 6.45) is 4.15. The lowest BCUT2D eigenvalue weighted by atomic mass is 10.1. The zero-order valence-corrected chi connectivity index (χ0v) is 14.0. The van der Waals surface area contributed by atoms with Gasteiger partial charge in [0.15, 0.2) is 0 Å². The Morgan fingerprint density at radius 1 is 1.29 bits per heavy atom. The lowest BCUT2D eigenvalue weighted by Crippen LogP contribution is -2.38. The zero-order valence-electron chi connectivity index (χ0n) is 13.2. The molecule has 1 atom stereocenters. The second kappa shape index (κ2) is 6.90. The van der Waals surface area contributed by atoms with E-state index in [0.717, 1.165) is 36.8 Å². The second-order valence-electron chi connectivity index (χ2n) is 5.94. The Balaban J connectivity index is 2.40. The van der Waals surface area contributed by atoms with Crippen LogP contribution in [-0.4, -0.2) is 32.4 Å². The molecule has 4 nitrogen and oxygen atoms in total. The Bertz CT molecular complexity index is 584. The number of rotatable bonds is 4. The standard InChI is InChI=1S/C16H26N2O2S/c1-13-8-9-15(12-17-3)11-16(13)21(19,20)18-10-6-4-5-7-14(18)2/h8-9,11,14,17H,4-7,10,12H2,1-3H3. The van der Waals surface area contributed by atoms with Crippen LogP contribution in [-0.2, 0) is 16.6 Å². The van der Waals surface area contributed by atoms with E-state index in [9.17, 15) is 8.42 Å². The number of hydrogen-bond donors (Lipinski definition) is 1. The highest BCUT2D eigenvalue weighted by Gasteiger charge is 2.31. The van der Waals surface area contributed by atoms with Gasteiger partial charge < -0.3 is 5.32 Å². The molecule has 21 heavy (non-hydrogen) atoms. The molecular weight excluding hydrogens is 284 g/mol. The molecule has 1 aliphatic rings. The molecule has 0 aromatic heterocycles. The monoisotopic (exact) mass is 310 g/mol. The fourth-order valence-corrected chi connectivity index (χ4v) is 4.94. The van der Waals surface area contributed by atoms with E-state index < -0.39 is 10.0 Å². The van der Waals surface area contributed by atoms with Gasteiger partial charge in [0.05, 0.1) is 4.90 Å². The largest absolute Gasteiger partial charge is 0.316 e. The van der Waals surface area contributed by atoms with E-state index in [4.69, 9.17) is 0 Å². The molecule has 0 spiro atoms. The lowest BCUT2D eigenvalue weighted by Gasteiger charge is -2.27. The molecule has 1 aromatic carbocycles. The van der Waals surface area contributed by atoms with Crippen molar-refractivity contribution in [3.05, 3.63) is 29.3 Å². The average Bonchev–Trinajstić information content (AvgIpc) is 2.66. The minimum atomic E-state index is -3.40. The maximum atomic E-state index is 13.0. The molecule has 0 amide bonds. The molecule has 1 aromatic rings. The molecule has 2 rings (SSSR count). The van der Waals surface area contributed by atoms with Gasteiger partial charge in [-0.05, 0) is 50.9 Å². The molecule has 0 saturated carbocycles. The first kappa shape index (κ1) is 16.5. The molecule has 1 fully saturated rings.